The van der Waals surface area contributed by atoms with Gasteiger partial charge in [0, 0.05) is 11.3 Å². The van der Waals surface area contributed by atoms with Crippen LogP contribution in [0.3, 0.4) is 0 Å². The molecule has 0 saturated carbocycles. The number of rotatable bonds is 4. The van der Waals surface area contributed by atoms with Gasteiger partial charge in [0.05, 0.1) is 25.6 Å². The molecule has 1 heterocycles. The molecule has 1 aromatic rings. The third kappa shape index (κ3) is 3.97. The zero-order chi connectivity index (χ0) is 9.90. The Morgan fingerprint density at radius 2 is 2.38 bits per heavy atom. The lowest BCUT2D eigenvalue weighted by Gasteiger charge is -2.28. The number of phosphoric acid groups is 1. The van der Waals surface area contributed by atoms with E-state index >= 15 is 0 Å². The summed E-state index contributed by atoms with van der Waals surface area (Å²) in [5.74, 6) is 0. The second kappa shape index (κ2) is 4.30. The Balaban J connectivity index is 2.36. The van der Waals surface area contributed by atoms with Gasteiger partial charge < -0.3 is 18.9 Å². The van der Waals surface area contributed by atoms with Gasteiger partial charge in [-0.25, -0.2) is 4.98 Å². The minimum absolute atomic E-state index is 0.104. The Labute approximate surface area is 79.6 Å². The van der Waals surface area contributed by atoms with E-state index in [0.717, 1.165) is 10.6 Å². The van der Waals surface area contributed by atoms with Gasteiger partial charge in [-0.05, 0) is 6.92 Å². The molecule has 0 saturated heterocycles. The van der Waals surface area contributed by atoms with Crippen molar-refractivity contribution in [2.45, 2.75) is 13.3 Å². The van der Waals surface area contributed by atoms with Crippen molar-refractivity contribution in [3.8, 4) is 0 Å². The first kappa shape index (κ1) is 10.8. The zero-order valence-electron chi connectivity index (χ0n) is 6.93. The lowest BCUT2D eigenvalue weighted by atomic mass is 10.3. The van der Waals surface area contributed by atoms with Crippen LogP contribution in [0.25, 0.3) is 0 Å². The molecule has 0 aliphatic heterocycles. The molecule has 0 atom stereocenters. The van der Waals surface area contributed by atoms with Crippen LogP contribution in [-0.4, -0.2) is 11.6 Å². The van der Waals surface area contributed by atoms with Gasteiger partial charge in [-0.1, -0.05) is 0 Å². The fraction of sp³-hybridized carbons (Fsp3) is 0.500. The first-order chi connectivity index (χ1) is 5.99. The quantitative estimate of drug-likeness (QED) is 0.659. The molecule has 0 aromatic carbocycles. The molecule has 0 fully saturated rings. The molecular weight excluding hydrogens is 213 g/mol. The average Bonchev–Trinajstić information content (AvgIpc) is 2.34. The van der Waals surface area contributed by atoms with Crippen molar-refractivity contribution < 1.29 is 18.9 Å². The molecule has 0 spiro atoms. The summed E-state index contributed by atoms with van der Waals surface area (Å²) in [5, 5.41) is 0. The highest BCUT2D eigenvalue weighted by Gasteiger charge is 2.01. The highest BCUT2D eigenvalue weighted by Crippen LogP contribution is 2.25. The third-order valence-electron chi connectivity index (χ3n) is 1.42. The van der Waals surface area contributed by atoms with Crippen LogP contribution in [0.5, 0.6) is 0 Å². The fourth-order valence-electron chi connectivity index (χ4n) is 0.816. The number of phosphoric ester groups is 1. The monoisotopic (exact) mass is 221 g/mol. The van der Waals surface area contributed by atoms with Crippen molar-refractivity contribution in [3.05, 3.63) is 16.1 Å². The Morgan fingerprint density at radius 1 is 1.69 bits per heavy atom. The molecule has 0 aliphatic rings. The van der Waals surface area contributed by atoms with Crippen LogP contribution in [-0.2, 0) is 15.5 Å². The second-order valence-electron chi connectivity index (χ2n) is 2.39. The highest BCUT2D eigenvalue weighted by molar-refractivity contribution is 7.43. The number of hydrogen-bond acceptors (Lipinski definition) is 6. The summed E-state index contributed by atoms with van der Waals surface area (Å²) in [5.41, 5.74) is 2.51. The standard InChI is InChI=1S/C6H10NO4PS/c1-5-6(13-4-7-5)2-3-11-12(8,9)10/h4H,2-3H2,1H3,(H2,8,9,10)/p-2. The van der Waals surface area contributed by atoms with Crippen molar-refractivity contribution in [1.82, 2.24) is 4.98 Å². The maximum absolute atomic E-state index is 10.1. The van der Waals surface area contributed by atoms with Crippen LogP contribution in [0, 0.1) is 6.92 Å². The maximum Gasteiger partial charge on any atom is 0.0797 e. The van der Waals surface area contributed by atoms with Crippen LogP contribution in [0.15, 0.2) is 5.51 Å². The second-order valence-corrected chi connectivity index (χ2v) is 4.48. The molecule has 74 valence electrons. The van der Waals surface area contributed by atoms with E-state index < -0.39 is 7.82 Å². The Kier molecular flexibility index (Phi) is 3.58. The van der Waals surface area contributed by atoms with E-state index in [1.54, 1.807) is 5.51 Å². The molecule has 5 nitrogen and oxygen atoms in total. The van der Waals surface area contributed by atoms with Gasteiger partial charge in [-0.2, -0.15) is 0 Å². The normalized spacial score (nSPS) is 11.9. The molecule has 1 rings (SSSR count). The van der Waals surface area contributed by atoms with Crippen LogP contribution in [0.2, 0.25) is 0 Å². The summed E-state index contributed by atoms with van der Waals surface area (Å²) in [6, 6.07) is 0. The van der Waals surface area contributed by atoms with Gasteiger partial charge in [-0.15, -0.1) is 11.3 Å². The highest BCUT2D eigenvalue weighted by atomic mass is 32.1. The summed E-state index contributed by atoms with van der Waals surface area (Å²) in [6.45, 7) is 1.72. The first-order valence-corrected chi connectivity index (χ1v) is 5.88. The number of thiazole rings is 1. The van der Waals surface area contributed by atoms with E-state index in [4.69, 9.17) is 0 Å². The SMILES string of the molecule is Cc1ncsc1CCOP(=O)([O-])[O-]. The van der Waals surface area contributed by atoms with E-state index in [0.29, 0.717) is 6.42 Å². The largest absolute Gasteiger partial charge is 0.790 e. The minimum Gasteiger partial charge on any atom is -0.790 e. The van der Waals surface area contributed by atoms with E-state index in [9.17, 15) is 14.4 Å². The number of hydrogen-bond donors (Lipinski definition) is 0. The molecule has 0 unspecified atom stereocenters. The summed E-state index contributed by atoms with van der Waals surface area (Å²) in [4.78, 5) is 25.1. The lowest BCUT2D eigenvalue weighted by molar-refractivity contribution is -0.341. The Hall–Kier alpha value is -0.260. The topological polar surface area (TPSA) is 85.3 Å². The average molecular weight is 221 g/mol. The Morgan fingerprint density at radius 3 is 2.85 bits per heavy atom. The smallest absolute Gasteiger partial charge is 0.0797 e. The van der Waals surface area contributed by atoms with Crippen molar-refractivity contribution in [2.75, 3.05) is 6.61 Å². The lowest BCUT2D eigenvalue weighted by Crippen LogP contribution is -2.17. The van der Waals surface area contributed by atoms with E-state index in [1.165, 1.54) is 11.3 Å². The zero-order valence-corrected chi connectivity index (χ0v) is 8.64. The van der Waals surface area contributed by atoms with E-state index in [2.05, 4.69) is 9.51 Å². The molecule has 0 radical (unpaired) electrons. The molecule has 0 N–H and O–H groups in total. The maximum atomic E-state index is 10.1. The predicted molar refractivity (Wildman–Crippen MR) is 44.1 cm³/mol. The molecule has 0 aliphatic carbocycles. The summed E-state index contributed by atoms with van der Waals surface area (Å²) in [7, 11) is -4.81. The minimum atomic E-state index is -4.81. The first-order valence-electron chi connectivity index (χ1n) is 3.54. The van der Waals surface area contributed by atoms with Gasteiger partial charge >= 0.3 is 0 Å². The summed E-state index contributed by atoms with van der Waals surface area (Å²) < 4.78 is 14.2. The van der Waals surface area contributed by atoms with Gasteiger partial charge in [0.1, 0.15) is 0 Å². The van der Waals surface area contributed by atoms with Crippen molar-refractivity contribution >= 4 is 19.2 Å². The van der Waals surface area contributed by atoms with Gasteiger partial charge in [0.25, 0.3) is 0 Å². The Bertz CT molecular complexity index is 320. The number of aryl methyl sites for hydroxylation is 1. The van der Waals surface area contributed by atoms with Crippen LogP contribution in [0.4, 0.5) is 0 Å². The predicted octanol–water partition coefficient (Wildman–Crippen LogP) is -0.161. The van der Waals surface area contributed by atoms with Gasteiger partial charge in [0.15, 0.2) is 0 Å². The van der Waals surface area contributed by atoms with Gasteiger partial charge in [0.2, 0.25) is 0 Å². The summed E-state index contributed by atoms with van der Waals surface area (Å²) >= 11 is 1.42. The molecule has 1 aromatic heterocycles. The van der Waals surface area contributed by atoms with Crippen LogP contribution >= 0.6 is 19.2 Å². The molecule has 7 heteroatoms. The molecule has 0 bridgehead atoms. The van der Waals surface area contributed by atoms with E-state index in [-0.39, 0.29) is 6.61 Å². The van der Waals surface area contributed by atoms with E-state index in [1.807, 2.05) is 6.92 Å². The van der Waals surface area contributed by atoms with Crippen molar-refractivity contribution in [3.63, 3.8) is 0 Å². The molecular formula is C6H8NO4PS-2. The molecule has 0 amide bonds. The third-order valence-corrected chi connectivity index (χ3v) is 2.92. The van der Waals surface area contributed by atoms with Crippen LogP contribution < -0.4 is 9.79 Å². The summed E-state index contributed by atoms with van der Waals surface area (Å²) in [6.07, 6.45) is 0.408. The number of aromatic nitrogens is 1. The van der Waals surface area contributed by atoms with Crippen LogP contribution in [0.1, 0.15) is 10.6 Å². The number of nitrogens with zero attached hydrogens (tertiary/aromatic N) is 1. The fourth-order valence-corrected chi connectivity index (χ4v) is 1.89. The molecule has 13 heavy (non-hydrogen) atoms. The van der Waals surface area contributed by atoms with Crippen molar-refractivity contribution in [2.24, 2.45) is 0 Å². The van der Waals surface area contributed by atoms with Crippen molar-refractivity contribution in [1.29, 1.82) is 0 Å². The van der Waals surface area contributed by atoms with Gasteiger partial charge in [-0.3, -0.25) is 0 Å².